The van der Waals surface area contributed by atoms with E-state index in [1.165, 1.54) is 12.8 Å². The van der Waals surface area contributed by atoms with Gasteiger partial charge in [0.2, 0.25) is 0 Å². The number of nitrogens with zero attached hydrogens (tertiary/aromatic N) is 3. The van der Waals surface area contributed by atoms with Crippen LogP contribution in [0.5, 0.6) is 0 Å². The topological polar surface area (TPSA) is 50.7 Å². The van der Waals surface area contributed by atoms with Crippen LogP contribution in [0.4, 0.5) is 0 Å². The van der Waals surface area contributed by atoms with Gasteiger partial charge in [-0.2, -0.15) is 5.10 Å². The minimum atomic E-state index is 0.624. The van der Waals surface area contributed by atoms with Gasteiger partial charge in [0.1, 0.15) is 0 Å². The van der Waals surface area contributed by atoms with Gasteiger partial charge in [-0.15, -0.1) is 5.10 Å². The first-order valence-corrected chi connectivity index (χ1v) is 6.62. The molecule has 94 valence electrons. The minimum Gasteiger partial charge on any atom is -0.317 e. The van der Waals surface area contributed by atoms with E-state index in [0.717, 1.165) is 43.4 Å². The zero-order valence-electron chi connectivity index (χ0n) is 10.8. The molecule has 0 unspecified atom stereocenters. The highest BCUT2D eigenvalue weighted by atomic mass is 15.1. The van der Waals surface area contributed by atoms with Crippen LogP contribution in [0.3, 0.4) is 0 Å². The SMILES string of the molecule is CC(C)Cc1cnnc(CC2CCNCC2)n1. The summed E-state index contributed by atoms with van der Waals surface area (Å²) in [6, 6.07) is 0. The van der Waals surface area contributed by atoms with Crippen LogP contribution in [-0.4, -0.2) is 28.3 Å². The zero-order valence-corrected chi connectivity index (χ0v) is 10.8. The van der Waals surface area contributed by atoms with E-state index in [-0.39, 0.29) is 0 Å². The molecular weight excluding hydrogens is 212 g/mol. The predicted octanol–water partition coefficient (Wildman–Crippen LogP) is 1.61. The fourth-order valence-corrected chi connectivity index (χ4v) is 2.33. The molecule has 1 saturated heterocycles. The van der Waals surface area contributed by atoms with Crippen molar-refractivity contribution in [2.24, 2.45) is 11.8 Å². The first-order valence-electron chi connectivity index (χ1n) is 6.62. The lowest BCUT2D eigenvalue weighted by atomic mass is 9.94. The molecule has 0 atom stereocenters. The maximum atomic E-state index is 4.61. The summed E-state index contributed by atoms with van der Waals surface area (Å²) in [5.74, 6) is 2.28. The average Bonchev–Trinajstić information content (AvgIpc) is 2.30. The van der Waals surface area contributed by atoms with Crippen LogP contribution in [0, 0.1) is 11.8 Å². The Morgan fingerprint density at radius 2 is 2.12 bits per heavy atom. The van der Waals surface area contributed by atoms with E-state index >= 15 is 0 Å². The van der Waals surface area contributed by atoms with E-state index < -0.39 is 0 Å². The Labute approximate surface area is 103 Å². The predicted molar refractivity (Wildman–Crippen MR) is 67.7 cm³/mol. The Morgan fingerprint density at radius 3 is 2.82 bits per heavy atom. The Balaban J connectivity index is 1.95. The number of nitrogens with one attached hydrogen (secondary N) is 1. The summed E-state index contributed by atoms with van der Waals surface area (Å²) in [6.45, 7) is 6.66. The highest BCUT2D eigenvalue weighted by Crippen LogP contribution is 2.15. The van der Waals surface area contributed by atoms with Crippen LogP contribution in [0.2, 0.25) is 0 Å². The summed E-state index contributed by atoms with van der Waals surface area (Å²) in [4.78, 5) is 4.61. The number of hydrogen-bond donors (Lipinski definition) is 1. The van der Waals surface area contributed by atoms with Gasteiger partial charge in [-0.1, -0.05) is 13.8 Å². The summed E-state index contributed by atoms with van der Waals surface area (Å²) in [7, 11) is 0. The highest BCUT2D eigenvalue weighted by molar-refractivity contribution is 4.98. The van der Waals surface area contributed by atoms with Crippen molar-refractivity contribution in [3.8, 4) is 0 Å². The summed E-state index contributed by atoms with van der Waals surface area (Å²) in [5.41, 5.74) is 1.08. The Morgan fingerprint density at radius 1 is 1.35 bits per heavy atom. The van der Waals surface area contributed by atoms with E-state index in [2.05, 4.69) is 34.3 Å². The molecule has 2 heterocycles. The van der Waals surface area contributed by atoms with Crippen molar-refractivity contribution < 1.29 is 0 Å². The molecule has 1 aliphatic heterocycles. The maximum Gasteiger partial charge on any atom is 0.151 e. The third-order valence-electron chi connectivity index (χ3n) is 3.20. The van der Waals surface area contributed by atoms with E-state index in [1.54, 1.807) is 6.20 Å². The monoisotopic (exact) mass is 234 g/mol. The van der Waals surface area contributed by atoms with Crippen molar-refractivity contribution in [2.75, 3.05) is 13.1 Å². The molecule has 1 aromatic heterocycles. The molecule has 0 amide bonds. The highest BCUT2D eigenvalue weighted by Gasteiger charge is 2.15. The molecule has 0 bridgehead atoms. The van der Waals surface area contributed by atoms with Crippen LogP contribution in [-0.2, 0) is 12.8 Å². The molecule has 0 spiro atoms. The molecule has 0 saturated carbocycles. The lowest BCUT2D eigenvalue weighted by Crippen LogP contribution is -2.29. The van der Waals surface area contributed by atoms with Gasteiger partial charge < -0.3 is 5.32 Å². The fourth-order valence-electron chi connectivity index (χ4n) is 2.33. The Kier molecular flexibility index (Phi) is 4.42. The molecule has 2 rings (SSSR count). The van der Waals surface area contributed by atoms with Gasteiger partial charge in [0.05, 0.1) is 11.9 Å². The molecule has 0 aromatic carbocycles. The van der Waals surface area contributed by atoms with Gasteiger partial charge in [0, 0.05) is 6.42 Å². The second kappa shape index (κ2) is 6.05. The number of piperidine rings is 1. The second-order valence-corrected chi connectivity index (χ2v) is 5.36. The van der Waals surface area contributed by atoms with E-state index in [0.29, 0.717) is 5.92 Å². The third kappa shape index (κ3) is 4.04. The average molecular weight is 234 g/mol. The van der Waals surface area contributed by atoms with Gasteiger partial charge in [0.15, 0.2) is 5.82 Å². The van der Waals surface area contributed by atoms with Crippen LogP contribution in [0.1, 0.15) is 38.2 Å². The van der Waals surface area contributed by atoms with Crippen molar-refractivity contribution in [1.29, 1.82) is 0 Å². The second-order valence-electron chi connectivity index (χ2n) is 5.36. The molecule has 4 nitrogen and oxygen atoms in total. The Bertz CT molecular complexity index is 345. The third-order valence-corrected chi connectivity index (χ3v) is 3.20. The molecule has 1 N–H and O–H groups in total. The van der Waals surface area contributed by atoms with E-state index in [4.69, 9.17) is 0 Å². The van der Waals surface area contributed by atoms with Crippen molar-refractivity contribution in [3.05, 3.63) is 17.7 Å². The zero-order chi connectivity index (χ0) is 12.1. The largest absolute Gasteiger partial charge is 0.317 e. The van der Waals surface area contributed by atoms with Crippen molar-refractivity contribution >= 4 is 0 Å². The molecule has 17 heavy (non-hydrogen) atoms. The van der Waals surface area contributed by atoms with Gasteiger partial charge in [-0.25, -0.2) is 4.98 Å². The van der Waals surface area contributed by atoms with Crippen LogP contribution in [0.25, 0.3) is 0 Å². The van der Waals surface area contributed by atoms with E-state index in [9.17, 15) is 0 Å². The lowest BCUT2D eigenvalue weighted by molar-refractivity contribution is 0.365. The standard InChI is InChI=1S/C13H22N4/c1-10(2)7-12-9-15-17-13(16-12)8-11-3-5-14-6-4-11/h9-11,14H,3-8H2,1-2H3. The summed E-state index contributed by atoms with van der Waals surface area (Å²) in [5, 5.41) is 11.6. The van der Waals surface area contributed by atoms with Gasteiger partial charge in [0.25, 0.3) is 0 Å². The van der Waals surface area contributed by atoms with Crippen LogP contribution >= 0.6 is 0 Å². The number of aromatic nitrogens is 3. The fraction of sp³-hybridized carbons (Fsp3) is 0.769. The smallest absolute Gasteiger partial charge is 0.151 e. The van der Waals surface area contributed by atoms with Crippen molar-refractivity contribution in [3.63, 3.8) is 0 Å². The molecule has 4 heteroatoms. The first kappa shape index (κ1) is 12.4. The minimum absolute atomic E-state index is 0.624. The normalized spacial score (nSPS) is 17.6. The lowest BCUT2D eigenvalue weighted by Gasteiger charge is -2.21. The van der Waals surface area contributed by atoms with Crippen molar-refractivity contribution in [2.45, 2.75) is 39.5 Å². The Hall–Kier alpha value is -1.03. The van der Waals surface area contributed by atoms with Crippen LogP contribution < -0.4 is 5.32 Å². The quantitative estimate of drug-likeness (QED) is 0.860. The molecular formula is C13H22N4. The van der Waals surface area contributed by atoms with E-state index in [1.807, 2.05) is 0 Å². The van der Waals surface area contributed by atoms with Crippen LogP contribution in [0.15, 0.2) is 6.20 Å². The summed E-state index contributed by atoms with van der Waals surface area (Å²) < 4.78 is 0. The molecule has 1 aliphatic rings. The summed E-state index contributed by atoms with van der Waals surface area (Å²) in [6.07, 6.45) is 6.25. The number of rotatable bonds is 4. The van der Waals surface area contributed by atoms with Gasteiger partial charge in [-0.3, -0.25) is 0 Å². The van der Waals surface area contributed by atoms with Crippen molar-refractivity contribution in [1.82, 2.24) is 20.5 Å². The maximum absolute atomic E-state index is 4.61. The van der Waals surface area contributed by atoms with Gasteiger partial charge >= 0.3 is 0 Å². The molecule has 1 aromatic rings. The summed E-state index contributed by atoms with van der Waals surface area (Å²) >= 11 is 0. The molecule has 1 fully saturated rings. The van der Waals surface area contributed by atoms with Gasteiger partial charge in [-0.05, 0) is 44.2 Å². The molecule has 0 radical (unpaired) electrons. The number of hydrogen-bond acceptors (Lipinski definition) is 4. The molecule has 0 aliphatic carbocycles. The first-order chi connectivity index (χ1) is 8.24.